The molecule has 0 aliphatic carbocycles. The van der Waals surface area contributed by atoms with Crippen molar-refractivity contribution in [1.82, 2.24) is 10.0 Å². The predicted octanol–water partition coefficient (Wildman–Crippen LogP) is 1.77. The quantitative estimate of drug-likeness (QED) is 0.795. The molecule has 0 saturated carbocycles. The molecular formula is C12H22N2O3S. The molecule has 5 nitrogen and oxygen atoms in total. The summed E-state index contributed by atoms with van der Waals surface area (Å²) in [6, 6.07) is 1.50. The molecule has 2 N–H and O–H groups in total. The lowest BCUT2D eigenvalue weighted by molar-refractivity contribution is 0.459. The van der Waals surface area contributed by atoms with E-state index in [2.05, 4.69) is 10.0 Å². The lowest BCUT2D eigenvalue weighted by Crippen LogP contribution is -2.32. The molecule has 0 amide bonds. The molecule has 0 spiro atoms. The van der Waals surface area contributed by atoms with Crippen molar-refractivity contribution in [1.29, 1.82) is 0 Å². The van der Waals surface area contributed by atoms with Gasteiger partial charge < -0.3 is 9.73 Å². The zero-order chi connectivity index (χ0) is 13.8. The molecule has 0 fully saturated rings. The molecule has 0 aliphatic rings. The van der Waals surface area contributed by atoms with Crippen molar-refractivity contribution in [3.05, 3.63) is 17.6 Å². The molecule has 1 atom stereocenters. The van der Waals surface area contributed by atoms with Crippen LogP contribution in [0.5, 0.6) is 0 Å². The van der Waals surface area contributed by atoms with E-state index in [4.69, 9.17) is 4.42 Å². The number of furan rings is 1. The van der Waals surface area contributed by atoms with E-state index >= 15 is 0 Å². The highest BCUT2D eigenvalue weighted by Gasteiger charge is 2.22. The Balaban J connectivity index is 2.91. The van der Waals surface area contributed by atoms with Gasteiger partial charge in [0.2, 0.25) is 10.0 Å². The Labute approximate surface area is 109 Å². The van der Waals surface area contributed by atoms with E-state index in [1.807, 2.05) is 20.8 Å². The highest BCUT2D eigenvalue weighted by molar-refractivity contribution is 7.89. The highest BCUT2D eigenvalue weighted by Crippen LogP contribution is 2.20. The third-order valence-electron chi connectivity index (χ3n) is 2.73. The predicted molar refractivity (Wildman–Crippen MR) is 70.9 cm³/mol. The number of aryl methyl sites for hydroxylation is 1. The lowest BCUT2D eigenvalue weighted by Gasteiger charge is -2.10. The number of nitrogens with one attached hydrogen (secondary N) is 2. The molecule has 1 aromatic heterocycles. The van der Waals surface area contributed by atoms with Gasteiger partial charge in [0, 0.05) is 12.1 Å². The smallest absolute Gasteiger partial charge is 0.244 e. The fraction of sp³-hybridized carbons (Fsp3) is 0.667. The Bertz CT molecular complexity index is 480. The summed E-state index contributed by atoms with van der Waals surface area (Å²) in [5.74, 6) is 1.07. The summed E-state index contributed by atoms with van der Waals surface area (Å²) in [6.07, 6.45) is 0.750. The second-order valence-corrected chi connectivity index (χ2v) is 6.03. The fourth-order valence-corrected chi connectivity index (χ4v) is 3.07. The third-order valence-corrected chi connectivity index (χ3v) is 4.43. The van der Waals surface area contributed by atoms with Gasteiger partial charge in [-0.1, -0.05) is 13.8 Å². The SMILES string of the molecule is CCNCc1cc(S(=O)(=O)NC(C)CC)c(C)o1. The van der Waals surface area contributed by atoms with Crippen molar-refractivity contribution in [3.63, 3.8) is 0 Å². The Morgan fingerprint density at radius 3 is 2.61 bits per heavy atom. The fourth-order valence-electron chi connectivity index (χ4n) is 1.54. The van der Waals surface area contributed by atoms with Crippen molar-refractivity contribution in [3.8, 4) is 0 Å². The normalized spacial score (nSPS) is 13.8. The molecular weight excluding hydrogens is 252 g/mol. The molecule has 0 radical (unpaired) electrons. The summed E-state index contributed by atoms with van der Waals surface area (Å²) in [7, 11) is -3.48. The van der Waals surface area contributed by atoms with Gasteiger partial charge in [0.15, 0.2) is 0 Å². The molecule has 1 heterocycles. The van der Waals surface area contributed by atoms with Gasteiger partial charge in [-0.2, -0.15) is 0 Å². The largest absolute Gasteiger partial charge is 0.464 e. The molecule has 0 saturated heterocycles. The van der Waals surface area contributed by atoms with Crippen LogP contribution in [0.25, 0.3) is 0 Å². The van der Waals surface area contributed by atoms with Gasteiger partial charge in [-0.05, 0) is 26.8 Å². The first-order valence-corrected chi connectivity index (χ1v) is 7.71. The van der Waals surface area contributed by atoms with E-state index in [1.54, 1.807) is 13.0 Å². The molecule has 0 aliphatic heterocycles. The highest BCUT2D eigenvalue weighted by atomic mass is 32.2. The summed E-state index contributed by atoms with van der Waals surface area (Å²) in [6.45, 7) is 8.78. The summed E-state index contributed by atoms with van der Waals surface area (Å²) >= 11 is 0. The summed E-state index contributed by atoms with van der Waals surface area (Å²) in [5, 5.41) is 3.10. The molecule has 104 valence electrons. The molecule has 6 heteroatoms. The van der Waals surface area contributed by atoms with Crippen LogP contribution in [0.1, 0.15) is 38.7 Å². The number of hydrogen-bond donors (Lipinski definition) is 2. The Hall–Kier alpha value is -0.850. The maximum absolute atomic E-state index is 12.1. The van der Waals surface area contributed by atoms with Crippen molar-refractivity contribution >= 4 is 10.0 Å². The third kappa shape index (κ3) is 3.83. The van der Waals surface area contributed by atoms with Gasteiger partial charge in [0.05, 0.1) is 6.54 Å². The monoisotopic (exact) mass is 274 g/mol. The minimum Gasteiger partial charge on any atom is -0.464 e. The zero-order valence-corrected chi connectivity index (χ0v) is 12.2. The van der Waals surface area contributed by atoms with Crippen LogP contribution in [0.15, 0.2) is 15.4 Å². The van der Waals surface area contributed by atoms with Gasteiger partial charge in [0.25, 0.3) is 0 Å². The number of sulfonamides is 1. The van der Waals surface area contributed by atoms with Gasteiger partial charge in [-0.3, -0.25) is 0 Å². The van der Waals surface area contributed by atoms with Crippen LogP contribution in [0.3, 0.4) is 0 Å². The van der Waals surface area contributed by atoms with Gasteiger partial charge in [0.1, 0.15) is 16.4 Å². The second-order valence-electron chi connectivity index (χ2n) is 4.34. The van der Waals surface area contributed by atoms with Crippen molar-refractivity contribution in [2.24, 2.45) is 0 Å². The Morgan fingerprint density at radius 2 is 2.06 bits per heavy atom. The molecule has 1 unspecified atom stereocenters. The lowest BCUT2D eigenvalue weighted by atomic mass is 10.3. The van der Waals surface area contributed by atoms with E-state index in [-0.39, 0.29) is 10.9 Å². The van der Waals surface area contributed by atoms with E-state index in [1.165, 1.54) is 0 Å². The molecule has 0 aromatic carbocycles. The van der Waals surface area contributed by atoms with Crippen LogP contribution < -0.4 is 10.0 Å². The number of rotatable bonds is 7. The van der Waals surface area contributed by atoms with E-state index < -0.39 is 10.0 Å². The van der Waals surface area contributed by atoms with Gasteiger partial charge >= 0.3 is 0 Å². The van der Waals surface area contributed by atoms with Crippen LogP contribution in [-0.2, 0) is 16.6 Å². The van der Waals surface area contributed by atoms with Crippen LogP contribution in [0, 0.1) is 6.92 Å². The molecule has 18 heavy (non-hydrogen) atoms. The standard InChI is InChI=1S/C12H22N2O3S/c1-5-9(3)14-18(15,16)12-7-11(8-13-6-2)17-10(12)4/h7,9,13-14H,5-6,8H2,1-4H3. The van der Waals surface area contributed by atoms with Crippen molar-refractivity contribution in [2.75, 3.05) is 6.54 Å². The second kappa shape index (κ2) is 6.36. The number of hydrogen-bond acceptors (Lipinski definition) is 4. The molecule has 0 bridgehead atoms. The first kappa shape index (κ1) is 15.2. The Morgan fingerprint density at radius 1 is 1.39 bits per heavy atom. The van der Waals surface area contributed by atoms with E-state index in [9.17, 15) is 8.42 Å². The maximum Gasteiger partial charge on any atom is 0.244 e. The minimum absolute atomic E-state index is 0.0819. The topological polar surface area (TPSA) is 71.3 Å². The molecule has 1 rings (SSSR count). The summed E-state index contributed by atoms with van der Waals surface area (Å²) in [4.78, 5) is 0.232. The van der Waals surface area contributed by atoms with E-state index in [0.29, 0.717) is 18.1 Å². The summed E-state index contributed by atoms with van der Waals surface area (Å²) < 4.78 is 32.3. The van der Waals surface area contributed by atoms with Crippen LogP contribution in [0.2, 0.25) is 0 Å². The first-order valence-electron chi connectivity index (χ1n) is 6.23. The van der Waals surface area contributed by atoms with Crippen molar-refractivity contribution in [2.45, 2.75) is 51.6 Å². The van der Waals surface area contributed by atoms with Crippen LogP contribution in [0.4, 0.5) is 0 Å². The van der Waals surface area contributed by atoms with Crippen LogP contribution in [-0.4, -0.2) is 21.0 Å². The Kier molecular flexibility index (Phi) is 5.37. The minimum atomic E-state index is -3.48. The van der Waals surface area contributed by atoms with Crippen LogP contribution >= 0.6 is 0 Å². The average Bonchev–Trinajstić information content (AvgIpc) is 2.68. The van der Waals surface area contributed by atoms with E-state index in [0.717, 1.165) is 13.0 Å². The zero-order valence-electron chi connectivity index (χ0n) is 11.4. The van der Waals surface area contributed by atoms with Crippen molar-refractivity contribution < 1.29 is 12.8 Å². The maximum atomic E-state index is 12.1. The van der Waals surface area contributed by atoms with Gasteiger partial charge in [-0.25, -0.2) is 13.1 Å². The van der Waals surface area contributed by atoms with Gasteiger partial charge in [-0.15, -0.1) is 0 Å². The summed E-state index contributed by atoms with van der Waals surface area (Å²) in [5.41, 5.74) is 0. The average molecular weight is 274 g/mol. The molecule has 1 aromatic rings. The first-order chi connectivity index (χ1) is 8.40.